The van der Waals surface area contributed by atoms with Crippen LogP contribution in [0.1, 0.15) is 43.2 Å². The fourth-order valence-electron chi connectivity index (χ4n) is 3.40. The van der Waals surface area contributed by atoms with Gasteiger partial charge in [-0.1, -0.05) is 36.7 Å². The normalized spacial score (nSPS) is 14.7. The van der Waals surface area contributed by atoms with E-state index in [4.69, 9.17) is 11.6 Å². The first-order valence-corrected chi connectivity index (χ1v) is 10.7. The molecule has 0 saturated heterocycles. The number of amides is 1. The Balaban J connectivity index is 2.44. The molecule has 3 unspecified atom stereocenters. The van der Waals surface area contributed by atoms with E-state index in [9.17, 15) is 40.3 Å². The van der Waals surface area contributed by atoms with Crippen molar-refractivity contribution in [1.82, 2.24) is 0 Å². The first-order valence-electron chi connectivity index (χ1n) is 10.3. The van der Waals surface area contributed by atoms with Gasteiger partial charge in [-0.25, -0.2) is 4.39 Å². The van der Waals surface area contributed by atoms with Crippen LogP contribution in [0.5, 0.6) is 0 Å². The van der Waals surface area contributed by atoms with Crippen LogP contribution in [-0.2, 0) is 14.3 Å². The predicted octanol–water partition coefficient (Wildman–Crippen LogP) is 7.00. The first kappa shape index (κ1) is 28.4. The molecule has 2 rings (SSSR count). The Hall–Kier alpha value is -2.82. The minimum atomic E-state index is -4.93. The quantitative estimate of drug-likeness (QED) is 0.297. The lowest BCUT2D eigenvalue weighted by Gasteiger charge is -2.26. The van der Waals surface area contributed by atoms with Crippen LogP contribution in [0.2, 0.25) is 5.02 Å². The Morgan fingerprint density at radius 3 is 2.06 bits per heavy atom. The van der Waals surface area contributed by atoms with Gasteiger partial charge in [0.05, 0.1) is 36.5 Å². The number of nitrogens with one attached hydrogen (secondary N) is 1. The summed E-state index contributed by atoms with van der Waals surface area (Å²) in [5.74, 6) is -10.1. The average Bonchev–Trinajstić information content (AvgIpc) is 2.74. The highest BCUT2D eigenvalue weighted by molar-refractivity contribution is 6.30. The number of rotatable bonds is 8. The molecule has 0 aliphatic carbocycles. The van der Waals surface area contributed by atoms with Gasteiger partial charge >= 0.3 is 18.3 Å². The van der Waals surface area contributed by atoms with Gasteiger partial charge in [-0.15, -0.1) is 0 Å². The molecule has 0 radical (unpaired) electrons. The number of alkyl halides is 6. The van der Waals surface area contributed by atoms with Crippen LogP contribution in [0.15, 0.2) is 42.5 Å². The van der Waals surface area contributed by atoms with Gasteiger partial charge in [-0.3, -0.25) is 9.59 Å². The van der Waals surface area contributed by atoms with Gasteiger partial charge in [0.1, 0.15) is 5.82 Å². The summed E-state index contributed by atoms with van der Waals surface area (Å²) in [6.45, 7) is 2.01. The summed E-state index contributed by atoms with van der Waals surface area (Å²) in [5.41, 5.74) is -1.42. The van der Waals surface area contributed by atoms with E-state index in [2.05, 4.69) is 4.74 Å². The number of carbonyl (C=O) groups excluding carboxylic acids is 2. The molecule has 4 nitrogen and oxygen atoms in total. The van der Waals surface area contributed by atoms with Gasteiger partial charge in [-0.05, 0) is 42.3 Å². The second-order valence-corrected chi connectivity index (χ2v) is 8.13. The molecular formula is C23H21ClF7NO3. The molecule has 0 aromatic heterocycles. The average molecular weight is 528 g/mol. The lowest BCUT2D eigenvalue weighted by molar-refractivity contribution is -0.178. The largest absolute Gasteiger partial charge is 0.466 e. The van der Waals surface area contributed by atoms with Crippen LogP contribution in [-0.4, -0.2) is 30.8 Å². The summed E-state index contributed by atoms with van der Waals surface area (Å²) in [6.07, 6.45) is -10.8. The fourth-order valence-corrected chi connectivity index (χ4v) is 3.53. The summed E-state index contributed by atoms with van der Waals surface area (Å²) in [6, 6.07) is 6.97. The molecular weight excluding hydrogens is 507 g/mol. The monoisotopic (exact) mass is 527 g/mol. The molecule has 192 valence electrons. The Kier molecular flexibility index (Phi) is 9.16. The number of anilines is 1. The summed E-state index contributed by atoms with van der Waals surface area (Å²) >= 11 is 5.76. The molecule has 12 heteroatoms. The van der Waals surface area contributed by atoms with Gasteiger partial charge in [0.25, 0.3) is 0 Å². The van der Waals surface area contributed by atoms with E-state index in [-0.39, 0.29) is 17.2 Å². The van der Waals surface area contributed by atoms with Crippen molar-refractivity contribution >= 4 is 29.2 Å². The third kappa shape index (κ3) is 7.58. The summed E-state index contributed by atoms with van der Waals surface area (Å²) in [7, 11) is 0. The number of hydrogen-bond donors (Lipinski definition) is 1. The molecule has 0 aliphatic heterocycles. The van der Waals surface area contributed by atoms with Gasteiger partial charge in [0.2, 0.25) is 5.91 Å². The van der Waals surface area contributed by atoms with Crippen molar-refractivity contribution in [1.29, 1.82) is 0 Å². The third-order valence-corrected chi connectivity index (χ3v) is 5.50. The Morgan fingerprint density at radius 2 is 1.54 bits per heavy atom. The highest BCUT2D eigenvalue weighted by Gasteiger charge is 2.45. The Labute approximate surface area is 201 Å². The number of halogens is 8. The zero-order chi connectivity index (χ0) is 26.6. The van der Waals surface area contributed by atoms with E-state index in [0.717, 1.165) is 13.0 Å². The molecule has 0 saturated carbocycles. The summed E-state index contributed by atoms with van der Waals surface area (Å²) in [5, 5.41) is 2.17. The summed E-state index contributed by atoms with van der Waals surface area (Å²) < 4.78 is 100. The predicted molar refractivity (Wildman–Crippen MR) is 114 cm³/mol. The number of hydrogen-bond acceptors (Lipinski definition) is 3. The van der Waals surface area contributed by atoms with Crippen LogP contribution in [0, 0.1) is 11.7 Å². The molecule has 35 heavy (non-hydrogen) atoms. The van der Waals surface area contributed by atoms with Crippen LogP contribution >= 0.6 is 11.6 Å². The van der Waals surface area contributed by atoms with Crippen molar-refractivity contribution in [2.24, 2.45) is 5.92 Å². The zero-order valence-corrected chi connectivity index (χ0v) is 19.2. The lowest BCUT2D eigenvalue weighted by atomic mass is 9.85. The van der Waals surface area contributed by atoms with Gasteiger partial charge in [0.15, 0.2) is 0 Å². The standard InChI is InChI=1S/C23H21ClF7NO3/c1-3-35-19(33)11-16(23(29,30)31)14-6-9-17(25)18(10-14)32-21(34)20(12(2)22(26,27)28)13-4-7-15(24)8-5-13/h4-10,12,16,20H,3,11H2,1-2H3,(H,32,34). The van der Waals surface area contributed by atoms with Crippen molar-refractivity contribution in [3.63, 3.8) is 0 Å². The van der Waals surface area contributed by atoms with Crippen molar-refractivity contribution in [3.8, 4) is 0 Å². The molecule has 0 spiro atoms. The third-order valence-electron chi connectivity index (χ3n) is 5.25. The van der Waals surface area contributed by atoms with E-state index >= 15 is 0 Å². The fraction of sp³-hybridized carbons (Fsp3) is 0.391. The second-order valence-electron chi connectivity index (χ2n) is 7.69. The molecule has 1 N–H and O–H groups in total. The molecule has 0 heterocycles. The van der Waals surface area contributed by atoms with Crippen molar-refractivity contribution in [2.75, 3.05) is 11.9 Å². The maximum Gasteiger partial charge on any atom is 0.396 e. The van der Waals surface area contributed by atoms with E-state index in [1.54, 1.807) is 0 Å². The molecule has 2 aromatic carbocycles. The Morgan fingerprint density at radius 1 is 0.971 bits per heavy atom. The minimum Gasteiger partial charge on any atom is -0.466 e. The molecule has 0 fully saturated rings. The minimum absolute atomic E-state index is 0.0798. The SMILES string of the molecule is CCOC(=O)CC(c1ccc(F)c(NC(=O)C(c2ccc(Cl)cc2)C(C)C(F)(F)F)c1)C(F)(F)F. The highest BCUT2D eigenvalue weighted by atomic mass is 35.5. The van der Waals surface area contributed by atoms with Crippen molar-refractivity contribution in [2.45, 2.75) is 44.5 Å². The first-order chi connectivity index (χ1) is 16.1. The topological polar surface area (TPSA) is 55.4 Å². The second kappa shape index (κ2) is 11.3. The van der Waals surface area contributed by atoms with E-state index in [1.807, 2.05) is 5.32 Å². The molecule has 2 aromatic rings. The van der Waals surface area contributed by atoms with Crippen molar-refractivity contribution in [3.05, 3.63) is 64.4 Å². The number of ether oxygens (including phenoxy) is 1. The Bertz CT molecular complexity index is 1040. The smallest absolute Gasteiger partial charge is 0.396 e. The molecule has 0 aliphatic rings. The van der Waals surface area contributed by atoms with E-state index < -0.39 is 65.5 Å². The zero-order valence-electron chi connectivity index (χ0n) is 18.4. The maximum atomic E-state index is 14.4. The van der Waals surface area contributed by atoms with Gasteiger partial charge in [0, 0.05) is 5.02 Å². The van der Waals surface area contributed by atoms with Crippen LogP contribution in [0.25, 0.3) is 0 Å². The number of carbonyl (C=O) groups is 2. The van der Waals surface area contributed by atoms with E-state index in [1.165, 1.54) is 31.2 Å². The van der Waals surface area contributed by atoms with Crippen LogP contribution in [0.4, 0.5) is 36.4 Å². The van der Waals surface area contributed by atoms with Gasteiger partial charge < -0.3 is 10.1 Å². The van der Waals surface area contributed by atoms with Crippen LogP contribution in [0.3, 0.4) is 0 Å². The van der Waals surface area contributed by atoms with Crippen LogP contribution < -0.4 is 5.32 Å². The molecule has 1 amide bonds. The van der Waals surface area contributed by atoms with Crippen molar-refractivity contribution < 1.29 is 45.1 Å². The van der Waals surface area contributed by atoms with Gasteiger partial charge in [-0.2, -0.15) is 26.3 Å². The number of benzene rings is 2. The molecule has 0 bridgehead atoms. The number of esters is 1. The highest BCUT2D eigenvalue weighted by Crippen LogP contribution is 2.41. The maximum absolute atomic E-state index is 14.4. The lowest BCUT2D eigenvalue weighted by Crippen LogP contribution is -2.34. The molecule has 3 atom stereocenters. The van der Waals surface area contributed by atoms with E-state index in [0.29, 0.717) is 12.1 Å². The summed E-state index contributed by atoms with van der Waals surface area (Å²) in [4.78, 5) is 24.5.